The summed E-state index contributed by atoms with van der Waals surface area (Å²) in [5.41, 5.74) is 1.14. The molecule has 6 nitrogen and oxygen atoms in total. The minimum absolute atomic E-state index is 0.135. The first-order chi connectivity index (χ1) is 10.0. The van der Waals surface area contributed by atoms with E-state index in [-0.39, 0.29) is 11.5 Å². The highest BCUT2D eigenvalue weighted by atomic mass is 16.5. The summed E-state index contributed by atoms with van der Waals surface area (Å²) >= 11 is 0. The number of aromatic carboxylic acids is 1. The van der Waals surface area contributed by atoms with Gasteiger partial charge in [-0.2, -0.15) is 0 Å². The normalized spacial score (nSPS) is 10.0. The van der Waals surface area contributed by atoms with Crippen LogP contribution in [0.1, 0.15) is 26.4 Å². The Morgan fingerprint density at radius 2 is 2.00 bits per heavy atom. The number of aryl methyl sites for hydroxylation is 1. The van der Waals surface area contributed by atoms with Crippen molar-refractivity contribution in [2.45, 2.75) is 6.92 Å². The van der Waals surface area contributed by atoms with Gasteiger partial charge in [-0.1, -0.05) is 17.7 Å². The van der Waals surface area contributed by atoms with Crippen LogP contribution in [0.5, 0.6) is 5.75 Å². The maximum absolute atomic E-state index is 12.2. The van der Waals surface area contributed by atoms with Gasteiger partial charge < -0.3 is 15.2 Å². The number of carbonyl (C=O) groups excluding carboxylic acids is 1. The highest BCUT2D eigenvalue weighted by Crippen LogP contribution is 2.20. The predicted octanol–water partition coefficient (Wildman–Crippen LogP) is 2.35. The van der Waals surface area contributed by atoms with Crippen molar-refractivity contribution in [1.82, 2.24) is 4.98 Å². The molecule has 6 heteroatoms. The third kappa shape index (κ3) is 3.36. The van der Waals surface area contributed by atoms with E-state index >= 15 is 0 Å². The number of methoxy groups -OCH3 is 1. The number of ether oxygens (including phenoxy) is 1. The van der Waals surface area contributed by atoms with Crippen LogP contribution in [0.2, 0.25) is 0 Å². The summed E-state index contributed by atoms with van der Waals surface area (Å²) in [4.78, 5) is 27.0. The second-order valence-corrected chi connectivity index (χ2v) is 4.37. The van der Waals surface area contributed by atoms with Crippen molar-refractivity contribution in [2.24, 2.45) is 0 Å². The lowest BCUT2D eigenvalue weighted by Gasteiger charge is -2.10. The Morgan fingerprint density at radius 3 is 2.67 bits per heavy atom. The van der Waals surface area contributed by atoms with Gasteiger partial charge in [0, 0.05) is 0 Å². The fourth-order valence-corrected chi connectivity index (χ4v) is 1.81. The van der Waals surface area contributed by atoms with Crippen molar-refractivity contribution in [1.29, 1.82) is 0 Å². The zero-order valence-corrected chi connectivity index (χ0v) is 11.6. The van der Waals surface area contributed by atoms with E-state index in [0.717, 1.165) is 5.56 Å². The molecule has 0 saturated carbocycles. The molecule has 21 heavy (non-hydrogen) atoms. The van der Waals surface area contributed by atoms with E-state index in [1.807, 2.05) is 13.0 Å². The lowest BCUT2D eigenvalue weighted by molar-refractivity contribution is 0.0690. The van der Waals surface area contributed by atoms with Gasteiger partial charge in [-0.05, 0) is 31.2 Å². The zero-order valence-electron chi connectivity index (χ0n) is 11.6. The maximum Gasteiger partial charge on any atom is 0.354 e. The number of aromatic nitrogens is 1. The van der Waals surface area contributed by atoms with Gasteiger partial charge in [0.15, 0.2) is 5.69 Å². The van der Waals surface area contributed by atoms with Crippen LogP contribution in [-0.4, -0.2) is 29.1 Å². The monoisotopic (exact) mass is 286 g/mol. The molecule has 0 radical (unpaired) electrons. The molecule has 1 aromatic carbocycles. The quantitative estimate of drug-likeness (QED) is 0.900. The minimum atomic E-state index is -1.15. The smallest absolute Gasteiger partial charge is 0.354 e. The van der Waals surface area contributed by atoms with E-state index in [1.54, 1.807) is 12.1 Å². The number of nitrogens with zero attached hydrogens (tertiary/aromatic N) is 1. The molecule has 0 saturated heterocycles. The first-order valence-corrected chi connectivity index (χ1v) is 6.17. The molecule has 1 heterocycles. The van der Waals surface area contributed by atoms with Crippen molar-refractivity contribution < 1.29 is 19.4 Å². The summed E-state index contributed by atoms with van der Waals surface area (Å²) in [5.74, 6) is -0.958. The van der Waals surface area contributed by atoms with Gasteiger partial charge in [0.2, 0.25) is 0 Å². The third-order valence-electron chi connectivity index (χ3n) is 2.81. The number of carboxylic acid groups (broad SMARTS) is 1. The average molecular weight is 286 g/mol. The number of carbonyl (C=O) groups is 2. The molecule has 0 aliphatic carbocycles. The van der Waals surface area contributed by atoms with Crippen LogP contribution in [0.4, 0.5) is 5.82 Å². The van der Waals surface area contributed by atoms with E-state index in [0.29, 0.717) is 11.3 Å². The number of rotatable bonds is 4. The van der Waals surface area contributed by atoms with Crippen molar-refractivity contribution in [2.75, 3.05) is 12.4 Å². The fourth-order valence-electron chi connectivity index (χ4n) is 1.81. The molecular weight excluding hydrogens is 272 g/mol. The maximum atomic E-state index is 12.2. The lowest BCUT2D eigenvalue weighted by Crippen LogP contribution is -2.15. The molecule has 0 spiro atoms. The van der Waals surface area contributed by atoms with Gasteiger partial charge in [0.05, 0.1) is 12.7 Å². The molecule has 0 atom stereocenters. The molecule has 108 valence electrons. The number of hydrogen-bond acceptors (Lipinski definition) is 4. The molecule has 1 amide bonds. The molecule has 2 rings (SSSR count). The number of anilines is 1. The van der Waals surface area contributed by atoms with Crippen LogP contribution in [0.3, 0.4) is 0 Å². The van der Waals surface area contributed by atoms with E-state index in [9.17, 15) is 9.59 Å². The number of pyridine rings is 1. The topological polar surface area (TPSA) is 88.5 Å². The standard InChI is InChI=1S/C15H14N2O4/c1-9-6-7-12(21-2)10(8-9)14(18)17-13-5-3-4-11(16-13)15(19)20/h3-8H,1-2H3,(H,19,20)(H,16,17,18). The molecular formula is C15H14N2O4. The first-order valence-electron chi connectivity index (χ1n) is 6.17. The lowest BCUT2D eigenvalue weighted by atomic mass is 10.1. The van der Waals surface area contributed by atoms with Crippen LogP contribution in [0.15, 0.2) is 36.4 Å². The molecule has 0 fully saturated rings. The Hall–Kier alpha value is -2.89. The first kappa shape index (κ1) is 14.5. The van der Waals surface area contributed by atoms with E-state index < -0.39 is 11.9 Å². The SMILES string of the molecule is COc1ccc(C)cc1C(=O)Nc1cccc(C(=O)O)n1. The van der Waals surface area contributed by atoms with Gasteiger partial charge in [0.1, 0.15) is 11.6 Å². The summed E-state index contributed by atoms with van der Waals surface area (Å²) in [7, 11) is 1.48. The summed E-state index contributed by atoms with van der Waals surface area (Å²) < 4.78 is 5.15. The molecule has 2 N–H and O–H groups in total. The van der Waals surface area contributed by atoms with Crippen molar-refractivity contribution in [3.8, 4) is 5.75 Å². The van der Waals surface area contributed by atoms with Gasteiger partial charge in [-0.3, -0.25) is 4.79 Å². The Morgan fingerprint density at radius 1 is 1.24 bits per heavy atom. The van der Waals surface area contributed by atoms with Gasteiger partial charge in [-0.15, -0.1) is 0 Å². The summed E-state index contributed by atoms with van der Waals surface area (Å²) in [6.45, 7) is 1.86. The second-order valence-electron chi connectivity index (χ2n) is 4.37. The number of carboxylic acids is 1. The Balaban J connectivity index is 2.28. The predicted molar refractivity (Wildman–Crippen MR) is 76.9 cm³/mol. The average Bonchev–Trinajstić information content (AvgIpc) is 2.47. The largest absolute Gasteiger partial charge is 0.496 e. The second kappa shape index (κ2) is 6.04. The summed E-state index contributed by atoms with van der Waals surface area (Å²) in [6, 6.07) is 9.61. The van der Waals surface area contributed by atoms with Crippen LogP contribution >= 0.6 is 0 Å². The van der Waals surface area contributed by atoms with Crippen LogP contribution in [0.25, 0.3) is 0 Å². The Labute approximate surface area is 121 Å². The van der Waals surface area contributed by atoms with Crippen molar-refractivity contribution >= 4 is 17.7 Å². The molecule has 2 aromatic rings. The highest BCUT2D eigenvalue weighted by Gasteiger charge is 2.14. The number of benzene rings is 1. The Bertz CT molecular complexity index is 698. The number of amides is 1. The van der Waals surface area contributed by atoms with Crippen LogP contribution < -0.4 is 10.1 Å². The molecule has 0 unspecified atom stereocenters. The molecule has 0 aliphatic heterocycles. The van der Waals surface area contributed by atoms with Crippen molar-refractivity contribution in [3.63, 3.8) is 0 Å². The molecule has 0 bridgehead atoms. The van der Waals surface area contributed by atoms with E-state index in [1.165, 1.54) is 25.3 Å². The summed E-state index contributed by atoms with van der Waals surface area (Å²) in [6.07, 6.45) is 0. The van der Waals surface area contributed by atoms with E-state index in [4.69, 9.17) is 9.84 Å². The highest BCUT2D eigenvalue weighted by molar-refractivity contribution is 6.06. The fraction of sp³-hybridized carbons (Fsp3) is 0.133. The van der Waals surface area contributed by atoms with Gasteiger partial charge >= 0.3 is 5.97 Å². The van der Waals surface area contributed by atoms with Crippen LogP contribution in [0, 0.1) is 6.92 Å². The Kier molecular flexibility index (Phi) is 4.18. The molecule has 1 aromatic heterocycles. The van der Waals surface area contributed by atoms with Crippen molar-refractivity contribution in [3.05, 3.63) is 53.2 Å². The molecule has 0 aliphatic rings. The zero-order chi connectivity index (χ0) is 15.4. The van der Waals surface area contributed by atoms with E-state index in [2.05, 4.69) is 10.3 Å². The van der Waals surface area contributed by atoms with Gasteiger partial charge in [-0.25, -0.2) is 9.78 Å². The van der Waals surface area contributed by atoms with Crippen LogP contribution in [-0.2, 0) is 0 Å². The number of hydrogen-bond donors (Lipinski definition) is 2. The van der Waals surface area contributed by atoms with Gasteiger partial charge in [0.25, 0.3) is 5.91 Å². The third-order valence-corrected chi connectivity index (χ3v) is 2.81. The number of nitrogens with one attached hydrogen (secondary N) is 1. The summed E-state index contributed by atoms with van der Waals surface area (Å²) in [5, 5.41) is 11.4. The minimum Gasteiger partial charge on any atom is -0.496 e.